The summed E-state index contributed by atoms with van der Waals surface area (Å²) >= 11 is 3.42. The van der Waals surface area contributed by atoms with E-state index in [9.17, 15) is 0 Å². The van der Waals surface area contributed by atoms with E-state index in [0.717, 1.165) is 15.7 Å². The average Bonchev–Trinajstić information content (AvgIpc) is 2.67. The van der Waals surface area contributed by atoms with Crippen molar-refractivity contribution in [1.29, 1.82) is 0 Å². The van der Waals surface area contributed by atoms with Gasteiger partial charge in [0.25, 0.3) is 0 Å². The number of aromatic nitrogens is 1. The first-order valence-electron chi connectivity index (χ1n) is 4.11. The average molecular weight is 254 g/mol. The van der Waals surface area contributed by atoms with Crippen LogP contribution in [0.1, 0.15) is 5.89 Å². The van der Waals surface area contributed by atoms with Crippen molar-refractivity contribution < 1.29 is 9.52 Å². The standard InChI is InChI=1S/C10H8BrNO2/c11-8-4-2-1-3-7(8)9-6-14-10(5-13)12-9/h1-4,6,13H,5H2. The second-order valence-electron chi connectivity index (χ2n) is 2.76. The highest BCUT2D eigenvalue weighted by atomic mass is 79.9. The summed E-state index contributed by atoms with van der Waals surface area (Å²) in [5.74, 6) is 0.329. The first-order chi connectivity index (χ1) is 6.81. The molecule has 0 amide bonds. The molecule has 0 fully saturated rings. The summed E-state index contributed by atoms with van der Waals surface area (Å²) in [5.41, 5.74) is 1.68. The van der Waals surface area contributed by atoms with Gasteiger partial charge in [0.2, 0.25) is 5.89 Å². The van der Waals surface area contributed by atoms with E-state index in [0.29, 0.717) is 5.89 Å². The van der Waals surface area contributed by atoms with Crippen molar-refractivity contribution in [2.75, 3.05) is 0 Å². The molecule has 4 heteroatoms. The Bertz CT molecular complexity index is 439. The SMILES string of the molecule is OCc1nc(-c2ccccc2Br)co1. The smallest absolute Gasteiger partial charge is 0.220 e. The lowest BCUT2D eigenvalue weighted by Crippen LogP contribution is -1.83. The van der Waals surface area contributed by atoms with Crippen LogP contribution < -0.4 is 0 Å². The molecular formula is C10H8BrNO2. The van der Waals surface area contributed by atoms with Crippen LogP contribution in [0.4, 0.5) is 0 Å². The van der Waals surface area contributed by atoms with Crippen LogP contribution in [0, 0.1) is 0 Å². The quantitative estimate of drug-likeness (QED) is 0.895. The van der Waals surface area contributed by atoms with E-state index in [-0.39, 0.29) is 6.61 Å². The van der Waals surface area contributed by atoms with Crippen molar-refractivity contribution in [3.63, 3.8) is 0 Å². The largest absolute Gasteiger partial charge is 0.446 e. The summed E-state index contributed by atoms with van der Waals surface area (Å²) in [7, 11) is 0. The van der Waals surface area contributed by atoms with Crippen LogP contribution in [-0.4, -0.2) is 10.1 Å². The normalized spacial score (nSPS) is 10.4. The Hall–Kier alpha value is -1.13. The summed E-state index contributed by atoms with van der Waals surface area (Å²) in [6.07, 6.45) is 1.53. The number of benzene rings is 1. The number of nitrogens with zero attached hydrogens (tertiary/aromatic N) is 1. The summed E-state index contributed by atoms with van der Waals surface area (Å²) < 4.78 is 6.00. The molecule has 0 aliphatic rings. The minimum atomic E-state index is -0.176. The molecule has 0 aliphatic carbocycles. The molecule has 0 saturated heterocycles. The number of aliphatic hydroxyl groups excluding tert-OH is 1. The lowest BCUT2D eigenvalue weighted by atomic mass is 10.2. The van der Waals surface area contributed by atoms with Crippen molar-refractivity contribution in [2.45, 2.75) is 6.61 Å². The Morgan fingerprint density at radius 2 is 2.14 bits per heavy atom. The molecule has 0 aliphatic heterocycles. The van der Waals surface area contributed by atoms with Crippen LogP contribution in [0.5, 0.6) is 0 Å². The van der Waals surface area contributed by atoms with Crippen LogP contribution in [-0.2, 0) is 6.61 Å². The Balaban J connectivity index is 2.44. The van der Waals surface area contributed by atoms with E-state index in [1.807, 2.05) is 24.3 Å². The van der Waals surface area contributed by atoms with E-state index >= 15 is 0 Å². The first kappa shape index (κ1) is 9.43. The molecule has 0 saturated carbocycles. The zero-order valence-electron chi connectivity index (χ0n) is 7.27. The fourth-order valence-electron chi connectivity index (χ4n) is 1.18. The maximum Gasteiger partial charge on any atom is 0.220 e. The molecule has 0 radical (unpaired) electrons. The highest BCUT2D eigenvalue weighted by Gasteiger charge is 2.07. The molecule has 14 heavy (non-hydrogen) atoms. The van der Waals surface area contributed by atoms with Crippen LogP contribution >= 0.6 is 15.9 Å². The molecule has 2 aromatic rings. The van der Waals surface area contributed by atoms with Gasteiger partial charge in [0.05, 0.1) is 0 Å². The summed E-state index contributed by atoms with van der Waals surface area (Å²) in [5, 5.41) is 8.80. The van der Waals surface area contributed by atoms with Gasteiger partial charge in [-0.25, -0.2) is 4.98 Å². The van der Waals surface area contributed by atoms with Gasteiger partial charge < -0.3 is 9.52 Å². The number of aliphatic hydroxyl groups is 1. The predicted molar refractivity (Wildman–Crippen MR) is 55.6 cm³/mol. The zero-order chi connectivity index (χ0) is 9.97. The fourth-order valence-corrected chi connectivity index (χ4v) is 1.66. The van der Waals surface area contributed by atoms with Crippen LogP contribution in [0.3, 0.4) is 0 Å². The van der Waals surface area contributed by atoms with Crippen molar-refractivity contribution in [3.05, 3.63) is 40.9 Å². The molecule has 0 atom stereocenters. The van der Waals surface area contributed by atoms with Gasteiger partial charge in [0, 0.05) is 10.0 Å². The number of halogens is 1. The third-order valence-electron chi connectivity index (χ3n) is 1.84. The Labute approximate surface area is 89.5 Å². The second-order valence-corrected chi connectivity index (χ2v) is 3.62. The van der Waals surface area contributed by atoms with Gasteiger partial charge in [-0.2, -0.15) is 0 Å². The summed E-state index contributed by atoms with van der Waals surface area (Å²) in [6.45, 7) is -0.176. The molecule has 1 heterocycles. The molecule has 0 unspecified atom stereocenters. The minimum absolute atomic E-state index is 0.176. The lowest BCUT2D eigenvalue weighted by Gasteiger charge is -1.97. The van der Waals surface area contributed by atoms with E-state index in [1.165, 1.54) is 6.26 Å². The third-order valence-corrected chi connectivity index (χ3v) is 2.53. The van der Waals surface area contributed by atoms with Crippen molar-refractivity contribution in [2.24, 2.45) is 0 Å². The Morgan fingerprint density at radius 3 is 2.79 bits per heavy atom. The van der Waals surface area contributed by atoms with E-state index < -0.39 is 0 Å². The van der Waals surface area contributed by atoms with Gasteiger partial charge >= 0.3 is 0 Å². The van der Waals surface area contributed by atoms with Crippen molar-refractivity contribution in [1.82, 2.24) is 4.98 Å². The Morgan fingerprint density at radius 1 is 1.36 bits per heavy atom. The van der Waals surface area contributed by atoms with Crippen LogP contribution in [0.2, 0.25) is 0 Å². The lowest BCUT2D eigenvalue weighted by molar-refractivity contribution is 0.240. The van der Waals surface area contributed by atoms with Gasteiger partial charge in [0.1, 0.15) is 18.6 Å². The van der Waals surface area contributed by atoms with Gasteiger partial charge in [0.15, 0.2) is 0 Å². The molecule has 1 aromatic carbocycles. The maximum absolute atomic E-state index is 8.80. The minimum Gasteiger partial charge on any atom is -0.446 e. The van der Waals surface area contributed by atoms with Crippen LogP contribution in [0.15, 0.2) is 39.4 Å². The third kappa shape index (κ3) is 1.71. The van der Waals surface area contributed by atoms with Crippen molar-refractivity contribution in [3.8, 4) is 11.3 Å². The predicted octanol–water partition coefficient (Wildman–Crippen LogP) is 2.60. The van der Waals surface area contributed by atoms with E-state index in [1.54, 1.807) is 0 Å². The molecule has 0 spiro atoms. The van der Waals surface area contributed by atoms with Crippen molar-refractivity contribution >= 4 is 15.9 Å². The zero-order valence-corrected chi connectivity index (χ0v) is 8.86. The number of hydrogen-bond donors (Lipinski definition) is 1. The fraction of sp³-hybridized carbons (Fsp3) is 0.100. The van der Waals surface area contributed by atoms with Gasteiger partial charge in [-0.1, -0.05) is 34.1 Å². The topological polar surface area (TPSA) is 46.3 Å². The molecule has 3 nitrogen and oxygen atoms in total. The summed E-state index contributed by atoms with van der Waals surface area (Å²) in [6, 6.07) is 7.72. The maximum atomic E-state index is 8.80. The molecule has 1 N–H and O–H groups in total. The van der Waals surface area contributed by atoms with Crippen LogP contribution in [0.25, 0.3) is 11.3 Å². The number of rotatable bonds is 2. The summed E-state index contributed by atoms with van der Waals surface area (Å²) in [4.78, 5) is 4.11. The van der Waals surface area contributed by atoms with E-state index in [2.05, 4.69) is 20.9 Å². The number of oxazole rings is 1. The highest BCUT2D eigenvalue weighted by molar-refractivity contribution is 9.10. The Kier molecular flexibility index (Phi) is 2.65. The molecule has 0 bridgehead atoms. The number of hydrogen-bond acceptors (Lipinski definition) is 3. The van der Waals surface area contributed by atoms with Gasteiger partial charge in [-0.3, -0.25) is 0 Å². The van der Waals surface area contributed by atoms with Gasteiger partial charge in [-0.05, 0) is 6.07 Å². The van der Waals surface area contributed by atoms with Gasteiger partial charge in [-0.15, -0.1) is 0 Å². The van der Waals surface area contributed by atoms with E-state index in [4.69, 9.17) is 9.52 Å². The second kappa shape index (κ2) is 3.94. The highest BCUT2D eigenvalue weighted by Crippen LogP contribution is 2.26. The molecule has 2 rings (SSSR count). The monoisotopic (exact) mass is 253 g/mol. The molecule has 1 aromatic heterocycles. The molecular weight excluding hydrogens is 246 g/mol. The first-order valence-corrected chi connectivity index (χ1v) is 4.90. The molecule has 72 valence electrons.